The molecule has 0 aliphatic heterocycles. The van der Waals surface area contributed by atoms with E-state index in [0.29, 0.717) is 10.0 Å². The Morgan fingerprint density at radius 1 is 1.19 bits per heavy atom. The van der Waals surface area contributed by atoms with Gasteiger partial charge < -0.3 is 5.32 Å². The smallest absolute Gasteiger partial charge is 0.0719 e. The molecule has 2 nitrogen and oxygen atoms in total. The topological polar surface area (TPSA) is 24.9 Å². The van der Waals surface area contributed by atoms with Crippen molar-refractivity contribution in [3.63, 3.8) is 0 Å². The van der Waals surface area contributed by atoms with Gasteiger partial charge in [0, 0.05) is 15.1 Å². The van der Waals surface area contributed by atoms with Gasteiger partial charge in [0.2, 0.25) is 0 Å². The van der Waals surface area contributed by atoms with E-state index < -0.39 is 0 Å². The molecule has 1 unspecified atom stereocenters. The number of hydrogen-bond acceptors (Lipinski definition) is 2. The predicted octanol–water partition coefficient (Wildman–Crippen LogP) is 5.81. The fourth-order valence-electron chi connectivity index (χ4n) is 2.10. The van der Waals surface area contributed by atoms with Crippen LogP contribution in [0.2, 0.25) is 10.0 Å². The van der Waals surface area contributed by atoms with Gasteiger partial charge in [0.1, 0.15) is 0 Å². The summed E-state index contributed by atoms with van der Waals surface area (Å²) in [5, 5.41) is 4.61. The average Bonchev–Trinajstić information content (AvgIpc) is 2.42. The van der Waals surface area contributed by atoms with Crippen LogP contribution >= 0.6 is 55.1 Å². The molecule has 2 aromatic rings. The van der Waals surface area contributed by atoms with E-state index in [1.807, 2.05) is 24.3 Å². The Morgan fingerprint density at radius 3 is 2.57 bits per heavy atom. The van der Waals surface area contributed by atoms with Gasteiger partial charge in [-0.3, -0.25) is 4.98 Å². The van der Waals surface area contributed by atoms with Gasteiger partial charge in [0.05, 0.1) is 21.8 Å². The molecule has 0 aliphatic rings. The molecule has 0 amide bonds. The molecule has 1 atom stereocenters. The first-order valence-corrected chi connectivity index (χ1v) is 8.83. The molecule has 1 aromatic carbocycles. The predicted molar refractivity (Wildman–Crippen MR) is 96.2 cm³/mol. The number of nitrogens with zero attached hydrogens (tertiary/aromatic N) is 1. The Bertz CT molecular complexity index is 635. The van der Waals surface area contributed by atoms with Gasteiger partial charge >= 0.3 is 0 Å². The van der Waals surface area contributed by atoms with Crippen LogP contribution in [0, 0.1) is 0 Å². The summed E-state index contributed by atoms with van der Waals surface area (Å²) >= 11 is 19.1. The van der Waals surface area contributed by atoms with Crippen molar-refractivity contribution in [2.45, 2.75) is 19.4 Å². The van der Waals surface area contributed by atoms with Crippen molar-refractivity contribution in [1.29, 1.82) is 0 Å². The van der Waals surface area contributed by atoms with E-state index in [1.165, 1.54) is 0 Å². The van der Waals surface area contributed by atoms with E-state index in [9.17, 15) is 0 Å². The summed E-state index contributed by atoms with van der Waals surface area (Å²) in [7, 11) is 0. The monoisotopic (exact) mass is 450 g/mol. The van der Waals surface area contributed by atoms with Crippen LogP contribution in [0.4, 0.5) is 0 Å². The quantitative estimate of drug-likeness (QED) is 0.619. The molecule has 1 heterocycles. The Hall–Kier alpha value is -0.130. The lowest BCUT2D eigenvalue weighted by Gasteiger charge is -2.19. The summed E-state index contributed by atoms with van der Waals surface area (Å²) in [5.74, 6) is 0. The average molecular weight is 453 g/mol. The van der Waals surface area contributed by atoms with Gasteiger partial charge in [0.15, 0.2) is 0 Å². The van der Waals surface area contributed by atoms with E-state index in [2.05, 4.69) is 49.1 Å². The van der Waals surface area contributed by atoms with Crippen molar-refractivity contribution >= 4 is 55.1 Å². The molecule has 0 bridgehead atoms. The highest BCUT2D eigenvalue weighted by molar-refractivity contribution is 9.11. The van der Waals surface area contributed by atoms with Crippen molar-refractivity contribution in [1.82, 2.24) is 10.3 Å². The zero-order chi connectivity index (χ0) is 15.4. The first-order chi connectivity index (χ1) is 10.0. The standard InChI is InChI=1S/C15H14Br2Cl2N2/c1-2-20-14(15-11(17)7-10(16)8-21-15)6-9-3-4-12(18)13(19)5-9/h3-5,7-8,14,20H,2,6H2,1H3. The van der Waals surface area contributed by atoms with Crippen molar-refractivity contribution in [2.24, 2.45) is 0 Å². The summed E-state index contributed by atoms with van der Waals surface area (Å²) in [4.78, 5) is 4.52. The van der Waals surface area contributed by atoms with Crippen LogP contribution in [0.15, 0.2) is 39.4 Å². The van der Waals surface area contributed by atoms with E-state index in [0.717, 1.165) is 33.2 Å². The molecule has 2 rings (SSSR count). The maximum Gasteiger partial charge on any atom is 0.0719 e. The third kappa shape index (κ3) is 4.67. The second-order valence-corrected chi connectivity index (χ2v) is 7.17. The van der Waals surface area contributed by atoms with Crippen LogP contribution in [0.5, 0.6) is 0 Å². The summed E-state index contributed by atoms with van der Waals surface area (Å²) in [6.45, 7) is 2.94. The maximum absolute atomic E-state index is 6.09. The molecule has 0 saturated carbocycles. The van der Waals surface area contributed by atoms with E-state index in [4.69, 9.17) is 23.2 Å². The number of likely N-dealkylation sites (N-methyl/N-ethyl adjacent to an activating group) is 1. The first-order valence-electron chi connectivity index (χ1n) is 6.49. The lowest BCUT2D eigenvalue weighted by Crippen LogP contribution is -2.24. The Labute approximate surface area is 151 Å². The molecule has 21 heavy (non-hydrogen) atoms. The van der Waals surface area contributed by atoms with Crippen LogP contribution < -0.4 is 5.32 Å². The highest BCUT2D eigenvalue weighted by atomic mass is 79.9. The van der Waals surface area contributed by atoms with Crippen LogP contribution in [0.1, 0.15) is 24.2 Å². The minimum absolute atomic E-state index is 0.106. The van der Waals surface area contributed by atoms with Crippen LogP contribution in [-0.2, 0) is 6.42 Å². The summed E-state index contributed by atoms with van der Waals surface area (Å²) in [6, 6.07) is 7.83. The Balaban J connectivity index is 2.28. The Kier molecular flexibility index (Phi) is 6.51. The summed E-state index contributed by atoms with van der Waals surface area (Å²) in [6.07, 6.45) is 2.59. The number of hydrogen-bond donors (Lipinski definition) is 1. The first kappa shape index (κ1) is 17.2. The molecule has 0 fully saturated rings. The van der Waals surface area contributed by atoms with Gasteiger partial charge in [-0.05, 0) is 68.6 Å². The van der Waals surface area contributed by atoms with Gasteiger partial charge in [-0.2, -0.15) is 0 Å². The molecular formula is C15H14Br2Cl2N2. The minimum atomic E-state index is 0.106. The summed E-state index contributed by atoms with van der Waals surface area (Å²) in [5.41, 5.74) is 2.10. The van der Waals surface area contributed by atoms with Crippen molar-refractivity contribution in [3.05, 3.63) is 60.7 Å². The largest absolute Gasteiger partial charge is 0.309 e. The minimum Gasteiger partial charge on any atom is -0.309 e. The molecule has 1 aromatic heterocycles. The van der Waals surface area contributed by atoms with Crippen LogP contribution in [-0.4, -0.2) is 11.5 Å². The fraction of sp³-hybridized carbons (Fsp3) is 0.267. The lowest BCUT2D eigenvalue weighted by molar-refractivity contribution is 0.534. The van der Waals surface area contributed by atoms with Gasteiger partial charge in [0.25, 0.3) is 0 Å². The molecule has 0 spiro atoms. The number of benzene rings is 1. The van der Waals surface area contributed by atoms with Crippen LogP contribution in [0.25, 0.3) is 0 Å². The van der Waals surface area contributed by atoms with Crippen molar-refractivity contribution < 1.29 is 0 Å². The number of nitrogens with one attached hydrogen (secondary N) is 1. The van der Waals surface area contributed by atoms with Gasteiger partial charge in [-0.15, -0.1) is 0 Å². The molecule has 1 N–H and O–H groups in total. The molecule has 0 radical (unpaired) electrons. The van der Waals surface area contributed by atoms with E-state index in [1.54, 1.807) is 6.20 Å². The number of rotatable bonds is 5. The second-order valence-electron chi connectivity index (χ2n) is 4.58. The van der Waals surface area contributed by atoms with Crippen molar-refractivity contribution in [2.75, 3.05) is 6.54 Å². The van der Waals surface area contributed by atoms with Gasteiger partial charge in [-0.25, -0.2) is 0 Å². The van der Waals surface area contributed by atoms with E-state index >= 15 is 0 Å². The molecule has 112 valence electrons. The zero-order valence-corrected chi connectivity index (χ0v) is 16.0. The molecule has 6 heteroatoms. The highest BCUT2D eigenvalue weighted by Gasteiger charge is 2.16. The number of pyridine rings is 1. The third-order valence-corrected chi connectivity index (χ3v) is 4.85. The highest BCUT2D eigenvalue weighted by Crippen LogP contribution is 2.29. The maximum atomic E-state index is 6.09. The van der Waals surface area contributed by atoms with E-state index in [-0.39, 0.29) is 6.04 Å². The van der Waals surface area contributed by atoms with Gasteiger partial charge in [-0.1, -0.05) is 36.2 Å². The lowest BCUT2D eigenvalue weighted by atomic mass is 10.0. The number of halogens is 4. The van der Waals surface area contributed by atoms with Crippen LogP contribution in [0.3, 0.4) is 0 Å². The third-order valence-electron chi connectivity index (χ3n) is 3.04. The summed E-state index contributed by atoms with van der Waals surface area (Å²) < 4.78 is 1.92. The van der Waals surface area contributed by atoms with Crippen molar-refractivity contribution in [3.8, 4) is 0 Å². The molecular weight excluding hydrogens is 439 g/mol. The Morgan fingerprint density at radius 2 is 1.95 bits per heavy atom. The molecule has 0 saturated heterocycles. The number of aromatic nitrogens is 1. The second kappa shape index (κ2) is 7.93. The SMILES string of the molecule is CCNC(Cc1ccc(Cl)c(Cl)c1)c1ncc(Br)cc1Br. The fourth-order valence-corrected chi connectivity index (χ4v) is 3.68. The zero-order valence-electron chi connectivity index (χ0n) is 11.3. The molecule has 0 aliphatic carbocycles. The normalized spacial score (nSPS) is 12.4.